The second-order valence-corrected chi connectivity index (χ2v) is 3.12. The minimum absolute atomic E-state index is 0.145. The Labute approximate surface area is 78.8 Å². The van der Waals surface area contributed by atoms with Gasteiger partial charge >= 0.3 is 0 Å². The number of nitrogen functional groups attached to an aromatic ring is 1. The maximum absolute atomic E-state index is 8.86. The maximum Gasteiger partial charge on any atom is 0.188 e. The molecule has 0 amide bonds. The number of nitrogens with two attached hydrogens (primary N) is 1. The fourth-order valence-electron chi connectivity index (χ4n) is 0.854. The van der Waals surface area contributed by atoms with Gasteiger partial charge in [-0.3, -0.25) is 0 Å². The molecule has 3 N–H and O–H groups in total. The van der Waals surface area contributed by atoms with E-state index in [4.69, 9.17) is 17.4 Å². The zero-order chi connectivity index (χ0) is 9.14. The molecule has 0 fully saturated rings. The second kappa shape index (κ2) is 3.57. The first kappa shape index (κ1) is 9.04. The molecule has 0 atom stereocenters. The summed E-state index contributed by atoms with van der Waals surface area (Å²) in [7, 11) is 0. The molecule has 62 valence electrons. The fourth-order valence-corrected chi connectivity index (χ4v) is 1.34. The van der Waals surface area contributed by atoms with E-state index in [1.165, 1.54) is 0 Å². The lowest BCUT2D eigenvalue weighted by molar-refractivity contribution is 0.282. The first-order valence-electron chi connectivity index (χ1n) is 3.25. The van der Waals surface area contributed by atoms with E-state index >= 15 is 0 Å². The summed E-state index contributed by atoms with van der Waals surface area (Å²) in [5.74, 6) is 0. The molecule has 0 heterocycles. The summed E-state index contributed by atoms with van der Waals surface area (Å²) in [6.07, 6.45) is 0. The van der Waals surface area contributed by atoms with Crippen LogP contribution in [0.3, 0.4) is 0 Å². The number of nitrogens with zero attached hydrogens (tertiary/aromatic N) is 1. The Kier molecular flexibility index (Phi) is 2.69. The van der Waals surface area contributed by atoms with Crippen molar-refractivity contribution in [3.8, 4) is 0 Å². The van der Waals surface area contributed by atoms with Crippen molar-refractivity contribution in [1.29, 1.82) is 0 Å². The van der Waals surface area contributed by atoms with Crippen LogP contribution in [0.5, 0.6) is 0 Å². The predicted molar refractivity (Wildman–Crippen MR) is 50.7 cm³/mol. The minimum Gasteiger partial charge on any atom is -0.398 e. The Morgan fingerprint density at radius 2 is 2.25 bits per heavy atom. The topological polar surface area (TPSA) is 50.6 Å². The molecule has 0 unspecified atom stereocenters. The van der Waals surface area contributed by atoms with Crippen LogP contribution in [0.2, 0.25) is 0 Å². The zero-order valence-electron chi connectivity index (χ0n) is 6.21. The molecular formula is C8H7BrN2O. The van der Waals surface area contributed by atoms with Crippen LogP contribution in [0.15, 0.2) is 16.6 Å². The van der Waals surface area contributed by atoms with E-state index in [1.54, 1.807) is 12.1 Å². The van der Waals surface area contributed by atoms with Crippen LogP contribution >= 0.6 is 15.9 Å². The van der Waals surface area contributed by atoms with Crippen LogP contribution in [0, 0.1) is 6.57 Å². The summed E-state index contributed by atoms with van der Waals surface area (Å²) >= 11 is 3.20. The fraction of sp³-hybridized carbons (Fsp3) is 0.125. The van der Waals surface area contributed by atoms with Crippen molar-refractivity contribution in [3.05, 3.63) is 33.6 Å². The van der Waals surface area contributed by atoms with Gasteiger partial charge in [0.05, 0.1) is 13.2 Å². The van der Waals surface area contributed by atoms with Crippen LogP contribution < -0.4 is 5.73 Å². The molecule has 1 aromatic rings. The van der Waals surface area contributed by atoms with E-state index in [1.807, 2.05) is 0 Å². The lowest BCUT2D eigenvalue weighted by Crippen LogP contribution is -1.94. The van der Waals surface area contributed by atoms with Crippen molar-refractivity contribution in [1.82, 2.24) is 0 Å². The van der Waals surface area contributed by atoms with E-state index in [-0.39, 0.29) is 6.61 Å². The van der Waals surface area contributed by atoms with Crippen molar-refractivity contribution in [2.45, 2.75) is 6.61 Å². The van der Waals surface area contributed by atoms with Gasteiger partial charge in [-0.25, -0.2) is 4.85 Å². The third-order valence-electron chi connectivity index (χ3n) is 1.50. The summed E-state index contributed by atoms with van der Waals surface area (Å²) in [6, 6.07) is 3.20. The van der Waals surface area contributed by atoms with Crippen LogP contribution in [0.4, 0.5) is 11.4 Å². The first-order valence-corrected chi connectivity index (χ1v) is 4.04. The average Bonchev–Trinajstić information content (AvgIpc) is 2.09. The van der Waals surface area contributed by atoms with E-state index in [0.29, 0.717) is 21.4 Å². The molecule has 0 spiro atoms. The van der Waals surface area contributed by atoms with E-state index in [9.17, 15) is 0 Å². The van der Waals surface area contributed by atoms with Crippen LogP contribution in [-0.4, -0.2) is 5.11 Å². The SMILES string of the molecule is [C-]#[N+]c1cc(Br)c(N)c(CO)c1. The van der Waals surface area contributed by atoms with Gasteiger partial charge in [0.15, 0.2) is 5.69 Å². The molecule has 3 nitrogen and oxygen atoms in total. The van der Waals surface area contributed by atoms with Gasteiger partial charge in [-0.1, -0.05) is 0 Å². The quantitative estimate of drug-likeness (QED) is 0.570. The van der Waals surface area contributed by atoms with Gasteiger partial charge in [0, 0.05) is 10.2 Å². The Morgan fingerprint density at radius 3 is 2.75 bits per heavy atom. The van der Waals surface area contributed by atoms with Crippen molar-refractivity contribution >= 4 is 27.3 Å². The minimum atomic E-state index is -0.145. The molecule has 0 radical (unpaired) electrons. The molecule has 0 aliphatic carbocycles. The van der Waals surface area contributed by atoms with Gasteiger partial charge in [-0.15, -0.1) is 0 Å². The molecule has 0 aromatic heterocycles. The third kappa shape index (κ3) is 1.58. The average molecular weight is 227 g/mol. The van der Waals surface area contributed by atoms with Gasteiger partial charge in [0.1, 0.15) is 0 Å². The van der Waals surface area contributed by atoms with Crippen LogP contribution in [0.1, 0.15) is 5.56 Å². The number of anilines is 1. The number of benzene rings is 1. The molecular weight excluding hydrogens is 220 g/mol. The van der Waals surface area contributed by atoms with Gasteiger partial charge in [-0.2, -0.15) is 0 Å². The summed E-state index contributed by atoms with van der Waals surface area (Å²) in [5, 5.41) is 8.86. The molecule has 0 saturated carbocycles. The standard InChI is InChI=1S/C8H7BrN2O/c1-11-6-2-5(4-12)8(10)7(9)3-6/h2-3,12H,4,10H2. The molecule has 0 saturated heterocycles. The summed E-state index contributed by atoms with van der Waals surface area (Å²) in [5.41, 5.74) is 7.15. The summed E-state index contributed by atoms with van der Waals surface area (Å²) < 4.78 is 0.653. The van der Waals surface area contributed by atoms with Gasteiger partial charge < -0.3 is 10.8 Å². The predicted octanol–water partition coefficient (Wildman–Crippen LogP) is 2.07. The number of hydrogen-bond acceptors (Lipinski definition) is 2. The van der Waals surface area contributed by atoms with Crippen LogP contribution in [-0.2, 0) is 6.61 Å². The maximum atomic E-state index is 8.86. The lowest BCUT2D eigenvalue weighted by atomic mass is 10.2. The smallest absolute Gasteiger partial charge is 0.188 e. The first-order chi connectivity index (χ1) is 5.69. The molecule has 12 heavy (non-hydrogen) atoms. The third-order valence-corrected chi connectivity index (χ3v) is 2.16. The Bertz CT molecular complexity index is 344. The second-order valence-electron chi connectivity index (χ2n) is 2.27. The lowest BCUT2D eigenvalue weighted by Gasteiger charge is -2.04. The van der Waals surface area contributed by atoms with Crippen molar-refractivity contribution < 1.29 is 5.11 Å². The van der Waals surface area contributed by atoms with Gasteiger partial charge in [-0.05, 0) is 33.6 Å². The van der Waals surface area contributed by atoms with E-state index < -0.39 is 0 Å². The Balaban J connectivity index is 3.31. The number of rotatable bonds is 1. The van der Waals surface area contributed by atoms with E-state index in [2.05, 4.69) is 20.8 Å². The van der Waals surface area contributed by atoms with Crippen molar-refractivity contribution in [2.75, 3.05) is 5.73 Å². The van der Waals surface area contributed by atoms with E-state index in [0.717, 1.165) is 0 Å². The Morgan fingerprint density at radius 1 is 1.58 bits per heavy atom. The number of aliphatic hydroxyl groups is 1. The largest absolute Gasteiger partial charge is 0.398 e. The molecule has 0 bridgehead atoms. The number of aliphatic hydroxyl groups excluding tert-OH is 1. The summed E-state index contributed by atoms with van der Waals surface area (Å²) in [4.78, 5) is 3.23. The summed E-state index contributed by atoms with van der Waals surface area (Å²) in [6.45, 7) is 6.62. The van der Waals surface area contributed by atoms with Gasteiger partial charge in [0.2, 0.25) is 0 Å². The van der Waals surface area contributed by atoms with Gasteiger partial charge in [0.25, 0.3) is 0 Å². The molecule has 0 aliphatic heterocycles. The monoisotopic (exact) mass is 226 g/mol. The Hall–Kier alpha value is -1.05. The van der Waals surface area contributed by atoms with Crippen molar-refractivity contribution in [2.24, 2.45) is 0 Å². The molecule has 4 heteroatoms. The number of halogens is 1. The highest BCUT2D eigenvalue weighted by atomic mass is 79.9. The number of hydrogen-bond donors (Lipinski definition) is 2. The zero-order valence-corrected chi connectivity index (χ0v) is 7.80. The highest BCUT2D eigenvalue weighted by Crippen LogP contribution is 2.29. The van der Waals surface area contributed by atoms with Crippen LogP contribution in [0.25, 0.3) is 4.85 Å². The molecule has 0 aliphatic rings. The highest BCUT2D eigenvalue weighted by Gasteiger charge is 2.04. The molecule has 1 rings (SSSR count). The normalized spacial score (nSPS) is 9.42. The van der Waals surface area contributed by atoms with Crippen molar-refractivity contribution in [3.63, 3.8) is 0 Å². The highest BCUT2D eigenvalue weighted by molar-refractivity contribution is 9.10. The molecule has 1 aromatic carbocycles.